The largest absolute Gasteiger partial charge is 0.329 e. The van der Waals surface area contributed by atoms with Crippen LogP contribution in [-0.4, -0.2) is 27.0 Å². The molecule has 1 aromatic carbocycles. The van der Waals surface area contributed by atoms with E-state index in [9.17, 15) is 9.59 Å². The fraction of sp³-hybridized carbons (Fsp3) is 0.214. The second kappa shape index (κ2) is 6.38. The number of nitrogens with one attached hydrogen (secondary N) is 1. The molecule has 1 N–H and O–H groups in total. The van der Waals surface area contributed by atoms with Crippen molar-refractivity contribution in [3.05, 3.63) is 42.2 Å². The normalized spacial score (nSPS) is 10.3. The molecule has 0 radical (unpaired) electrons. The van der Waals surface area contributed by atoms with E-state index in [0.717, 1.165) is 5.16 Å². The summed E-state index contributed by atoms with van der Waals surface area (Å²) in [6, 6.07) is 6.87. The van der Waals surface area contributed by atoms with Crippen molar-refractivity contribution in [2.24, 2.45) is 7.05 Å². The second-order valence-electron chi connectivity index (χ2n) is 4.29. The lowest BCUT2D eigenvalue weighted by Gasteiger charge is -2.04. The fourth-order valence-electron chi connectivity index (χ4n) is 1.65. The SMILES string of the molecule is CC(=O)Nc1ccc(C(=O)CSc2nccn2C)cc1. The smallest absolute Gasteiger partial charge is 0.221 e. The summed E-state index contributed by atoms with van der Waals surface area (Å²) in [7, 11) is 1.89. The first-order valence-corrected chi connectivity index (χ1v) is 7.06. The van der Waals surface area contributed by atoms with Gasteiger partial charge in [-0.2, -0.15) is 0 Å². The van der Waals surface area contributed by atoms with E-state index >= 15 is 0 Å². The van der Waals surface area contributed by atoms with Crippen LogP contribution in [0.1, 0.15) is 17.3 Å². The zero-order valence-corrected chi connectivity index (χ0v) is 12.1. The molecule has 20 heavy (non-hydrogen) atoms. The number of hydrogen-bond donors (Lipinski definition) is 1. The molecule has 1 aromatic heterocycles. The minimum Gasteiger partial charge on any atom is -0.329 e. The van der Waals surface area contributed by atoms with Gasteiger partial charge in [-0.3, -0.25) is 9.59 Å². The van der Waals surface area contributed by atoms with Crippen molar-refractivity contribution in [1.82, 2.24) is 9.55 Å². The summed E-state index contributed by atoms with van der Waals surface area (Å²) in [5, 5.41) is 3.48. The van der Waals surface area contributed by atoms with Gasteiger partial charge in [0.25, 0.3) is 0 Å². The van der Waals surface area contributed by atoms with Crippen LogP contribution in [0.3, 0.4) is 0 Å². The summed E-state index contributed by atoms with van der Waals surface area (Å²) in [6.45, 7) is 1.45. The van der Waals surface area contributed by atoms with Gasteiger partial charge in [-0.15, -0.1) is 0 Å². The molecule has 0 saturated carbocycles. The first-order chi connectivity index (χ1) is 9.56. The molecule has 0 aliphatic heterocycles. The van der Waals surface area contributed by atoms with Gasteiger partial charge in [-0.05, 0) is 24.3 Å². The molecule has 1 heterocycles. The maximum absolute atomic E-state index is 12.0. The van der Waals surface area contributed by atoms with Crippen molar-refractivity contribution in [3.8, 4) is 0 Å². The molecule has 104 valence electrons. The maximum Gasteiger partial charge on any atom is 0.221 e. The number of imidazole rings is 1. The van der Waals surface area contributed by atoms with Crippen molar-refractivity contribution in [2.75, 3.05) is 11.1 Å². The van der Waals surface area contributed by atoms with Gasteiger partial charge in [0.1, 0.15) is 0 Å². The first-order valence-electron chi connectivity index (χ1n) is 6.07. The van der Waals surface area contributed by atoms with E-state index < -0.39 is 0 Å². The van der Waals surface area contributed by atoms with Gasteiger partial charge in [-0.1, -0.05) is 11.8 Å². The van der Waals surface area contributed by atoms with E-state index in [1.165, 1.54) is 18.7 Å². The highest BCUT2D eigenvalue weighted by Crippen LogP contribution is 2.17. The Kier molecular flexibility index (Phi) is 4.57. The van der Waals surface area contributed by atoms with Gasteiger partial charge in [0.05, 0.1) is 5.75 Å². The summed E-state index contributed by atoms with van der Waals surface area (Å²) < 4.78 is 1.87. The van der Waals surface area contributed by atoms with E-state index in [1.807, 2.05) is 17.8 Å². The molecule has 0 atom stereocenters. The number of benzene rings is 1. The third-order valence-electron chi connectivity index (χ3n) is 2.64. The highest BCUT2D eigenvalue weighted by Gasteiger charge is 2.09. The number of hydrogen-bond acceptors (Lipinski definition) is 4. The molecule has 2 aromatic rings. The summed E-state index contributed by atoms with van der Waals surface area (Å²) in [6.07, 6.45) is 3.55. The van der Waals surface area contributed by atoms with Crippen LogP contribution in [0.15, 0.2) is 41.8 Å². The Hall–Kier alpha value is -2.08. The average Bonchev–Trinajstić information content (AvgIpc) is 2.82. The molecule has 0 unspecified atom stereocenters. The number of carbonyl (C=O) groups excluding carboxylic acids is 2. The monoisotopic (exact) mass is 289 g/mol. The van der Waals surface area contributed by atoms with Gasteiger partial charge >= 0.3 is 0 Å². The topological polar surface area (TPSA) is 64.0 Å². The Labute approximate surface area is 121 Å². The maximum atomic E-state index is 12.0. The van der Waals surface area contributed by atoms with Gasteiger partial charge in [0.2, 0.25) is 5.91 Å². The molecule has 0 saturated heterocycles. The number of anilines is 1. The molecule has 0 aliphatic carbocycles. The summed E-state index contributed by atoms with van der Waals surface area (Å²) in [4.78, 5) is 27.1. The van der Waals surface area contributed by atoms with Gasteiger partial charge < -0.3 is 9.88 Å². The van der Waals surface area contributed by atoms with Crippen LogP contribution in [-0.2, 0) is 11.8 Å². The molecule has 0 aliphatic rings. The minimum absolute atomic E-state index is 0.0346. The van der Waals surface area contributed by atoms with E-state index in [0.29, 0.717) is 17.0 Å². The molecule has 0 fully saturated rings. The molecule has 2 rings (SSSR count). The first kappa shape index (κ1) is 14.3. The van der Waals surface area contributed by atoms with Crippen molar-refractivity contribution in [2.45, 2.75) is 12.1 Å². The van der Waals surface area contributed by atoms with E-state index in [-0.39, 0.29) is 11.7 Å². The van der Waals surface area contributed by atoms with Gasteiger partial charge in [-0.25, -0.2) is 4.98 Å². The van der Waals surface area contributed by atoms with E-state index in [1.54, 1.807) is 30.5 Å². The number of aryl methyl sites for hydroxylation is 1. The average molecular weight is 289 g/mol. The lowest BCUT2D eigenvalue weighted by atomic mass is 10.1. The molecule has 0 bridgehead atoms. The Balaban J connectivity index is 1.95. The Morgan fingerprint density at radius 1 is 1.30 bits per heavy atom. The van der Waals surface area contributed by atoms with Crippen LogP contribution in [0, 0.1) is 0 Å². The van der Waals surface area contributed by atoms with E-state index in [4.69, 9.17) is 0 Å². The number of thioether (sulfide) groups is 1. The van der Waals surface area contributed by atoms with Crippen molar-refractivity contribution in [3.63, 3.8) is 0 Å². The second-order valence-corrected chi connectivity index (χ2v) is 5.23. The van der Waals surface area contributed by atoms with Crippen LogP contribution < -0.4 is 5.32 Å². The lowest BCUT2D eigenvalue weighted by Crippen LogP contribution is -2.07. The number of carbonyl (C=O) groups is 2. The van der Waals surface area contributed by atoms with Gasteiger partial charge in [0, 0.05) is 37.6 Å². The number of nitrogens with zero attached hydrogens (tertiary/aromatic N) is 2. The lowest BCUT2D eigenvalue weighted by molar-refractivity contribution is -0.114. The fourth-order valence-corrected chi connectivity index (χ4v) is 2.47. The molecule has 1 amide bonds. The highest BCUT2D eigenvalue weighted by molar-refractivity contribution is 7.99. The molecule has 0 spiro atoms. The summed E-state index contributed by atoms with van der Waals surface area (Å²) in [5.74, 6) is 0.242. The zero-order valence-electron chi connectivity index (χ0n) is 11.3. The zero-order chi connectivity index (χ0) is 14.5. The molecule has 6 heteroatoms. The number of amides is 1. The number of ketones is 1. The quantitative estimate of drug-likeness (QED) is 0.678. The summed E-state index contributed by atoms with van der Waals surface area (Å²) >= 11 is 1.40. The molecular weight excluding hydrogens is 274 g/mol. The Morgan fingerprint density at radius 3 is 2.55 bits per heavy atom. The number of rotatable bonds is 5. The van der Waals surface area contributed by atoms with Crippen LogP contribution >= 0.6 is 11.8 Å². The predicted octanol–water partition coefficient (Wildman–Crippen LogP) is 2.35. The third kappa shape index (κ3) is 3.71. The standard InChI is InChI=1S/C14H15N3O2S/c1-10(18)16-12-5-3-11(4-6-12)13(19)9-20-14-15-7-8-17(14)2/h3-8H,9H2,1-2H3,(H,16,18). The van der Waals surface area contributed by atoms with Crippen LogP contribution in [0.4, 0.5) is 5.69 Å². The van der Waals surface area contributed by atoms with Crippen molar-refractivity contribution in [1.29, 1.82) is 0 Å². The summed E-state index contributed by atoms with van der Waals surface area (Å²) in [5.41, 5.74) is 1.31. The Morgan fingerprint density at radius 2 is 2.00 bits per heavy atom. The molecular formula is C14H15N3O2S. The third-order valence-corrected chi connectivity index (χ3v) is 3.69. The number of Topliss-reactive ketones (excluding diaryl/α,β-unsaturated/α-hetero) is 1. The van der Waals surface area contributed by atoms with E-state index in [2.05, 4.69) is 10.3 Å². The van der Waals surface area contributed by atoms with Crippen LogP contribution in [0.25, 0.3) is 0 Å². The van der Waals surface area contributed by atoms with Gasteiger partial charge in [0.15, 0.2) is 10.9 Å². The van der Waals surface area contributed by atoms with Crippen molar-refractivity contribution < 1.29 is 9.59 Å². The van der Waals surface area contributed by atoms with Crippen molar-refractivity contribution >= 4 is 29.1 Å². The van der Waals surface area contributed by atoms with Crippen LogP contribution in [0.2, 0.25) is 0 Å². The highest BCUT2D eigenvalue weighted by atomic mass is 32.2. The van der Waals surface area contributed by atoms with Crippen LogP contribution in [0.5, 0.6) is 0 Å². The predicted molar refractivity (Wildman–Crippen MR) is 79.0 cm³/mol. The molecule has 5 nitrogen and oxygen atoms in total. The minimum atomic E-state index is -0.130. The number of aromatic nitrogens is 2. The Bertz CT molecular complexity index is 620.